The maximum atomic E-state index is 2.32. The van der Waals surface area contributed by atoms with Gasteiger partial charge in [0.05, 0.1) is 53.9 Å². The Morgan fingerprint density at radius 3 is 1.29 bits per heavy atom. The number of hydrogen-bond donors (Lipinski definition) is 0. The predicted molar refractivity (Wildman–Crippen MR) is 64.3 cm³/mol. The van der Waals surface area contributed by atoms with Gasteiger partial charge in [-0.05, 0) is 20.8 Å². The monoisotopic (exact) mass is 598 g/mol. The normalized spacial score (nSPS) is 10.9. The van der Waals surface area contributed by atoms with E-state index in [0.717, 1.165) is 4.48 Å². The van der Waals surface area contributed by atoms with Gasteiger partial charge in [-0.25, -0.2) is 0 Å². The van der Waals surface area contributed by atoms with Crippen molar-refractivity contribution in [1.29, 1.82) is 0 Å². The maximum Gasteiger partial charge on any atom is 0.0840 e. The van der Waals surface area contributed by atoms with E-state index in [-0.39, 0.29) is 65.1 Å². The summed E-state index contributed by atoms with van der Waals surface area (Å²) < 4.78 is 2.39. The molecule has 0 radical (unpaired) electrons. The fraction of sp³-hybridized carbons (Fsp3) is 1.00. The van der Waals surface area contributed by atoms with Gasteiger partial charge in [-0.3, -0.25) is 0 Å². The Morgan fingerprint density at radius 2 is 1.06 bits per heavy atom. The second-order valence-electron chi connectivity index (χ2n) is 5.38. The van der Waals surface area contributed by atoms with Gasteiger partial charge in [0.25, 0.3) is 0 Å². The van der Waals surface area contributed by atoms with Gasteiger partial charge in [0.15, 0.2) is 0 Å². The van der Waals surface area contributed by atoms with Crippen LogP contribution in [0.15, 0.2) is 0 Å². The summed E-state index contributed by atoms with van der Waals surface area (Å²) in [6.45, 7) is 13.4. The van der Waals surface area contributed by atoms with Crippen LogP contribution in [0.25, 0.3) is 0 Å². The zero-order valence-electron chi connectivity index (χ0n) is 12.4. The minimum absolute atomic E-state index is 0. The van der Waals surface area contributed by atoms with Crippen LogP contribution in [0.3, 0.4) is 0 Å². The van der Waals surface area contributed by atoms with Gasteiger partial charge in [-0.15, -0.1) is 0 Å². The second kappa shape index (κ2) is 12.9. The molecule has 5 heteroatoms. The molecule has 0 heterocycles. The van der Waals surface area contributed by atoms with Gasteiger partial charge >= 0.3 is 0 Å². The van der Waals surface area contributed by atoms with E-state index in [9.17, 15) is 0 Å². The molecule has 0 aromatic heterocycles. The Hall–Kier alpha value is 1.93. The van der Waals surface area contributed by atoms with Crippen LogP contribution in [0.5, 0.6) is 0 Å². The quantitative estimate of drug-likeness (QED) is 0.262. The van der Waals surface area contributed by atoms with Gasteiger partial charge in [-0.1, -0.05) is 0 Å². The van der Waals surface area contributed by atoms with Gasteiger partial charge < -0.3 is 42.9 Å². The van der Waals surface area contributed by atoms with Gasteiger partial charge in [0.2, 0.25) is 0 Å². The average molecular weight is 600 g/mol. The summed E-state index contributed by atoms with van der Waals surface area (Å²) in [6.07, 6.45) is 1.35. The van der Waals surface area contributed by atoms with E-state index in [1.807, 2.05) is 0 Å². The van der Waals surface area contributed by atoms with Crippen molar-refractivity contribution in [3.05, 3.63) is 0 Å². The molecule has 0 aliphatic carbocycles. The van der Waals surface area contributed by atoms with Gasteiger partial charge in [0, 0.05) is 37.5 Å². The Labute approximate surface area is 154 Å². The molecule has 0 aliphatic heterocycles. The first kappa shape index (κ1) is 27.3. The van der Waals surface area contributed by atoms with Crippen LogP contribution in [0.1, 0.15) is 27.2 Å². The molecule has 0 aliphatic rings. The van der Waals surface area contributed by atoms with E-state index < -0.39 is 0 Å². The Morgan fingerprint density at radius 1 is 0.706 bits per heavy atom. The average Bonchev–Trinajstić information content (AvgIpc) is 2.11. The Kier molecular flexibility index (Phi) is 20.8. The van der Waals surface area contributed by atoms with Gasteiger partial charge in [-0.2, -0.15) is 0 Å². The van der Waals surface area contributed by atoms with E-state index in [1.165, 1.54) is 43.6 Å². The smallest absolute Gasteiger partial charge is 0.0840 e. The van der Waals surface area contributed by atoms with Crippen molar-refractivity contribution in [3.8, 4) is 0 Å². The molecule has 0 bridgehead atoms. The molecule has 0 fully saturated rings. The molecule has 106 valence electrons. The van der Waals surface area contributed by atoms with E-state index in [0.29, 0.717) is 0 Å². The summed E-state index contributed by atoms with van der Waals surface area (Å²) in [5.41, 5.74) is 0. The summed E-state index contributed by atoms with van der Waals surface area (Å²) in [6, 6.07) is 0. The minimum atomic E-state index is 0. The van der Waals surface area contributed by atoms with Crippen LogP contribution in [0.2, 0.25) is 0 Å². The van der Waals surface area contributed by atoms with Crippen molar-refractivity contribution in [2.45, 2.75) is 27.2 Å². The first-order chi connectivity index (χ1) is 6.39. The first-order valence-electron chi connectivity index (χ1n) is 6.04. The molecule has 0 aromatic rings. The molecular weight excluding hydrogens is 570 g/mol. The summed E-state index contributed by atoms with van der Waals surface area (Å²) in [4.78, 5) is 0. The minimum Gasteiger partial charge on any atom is -1.00 e. The molecule has 0 amide bonds. The third kappa shape index (κ3) is 12.7. The van der Waals surface area contributed by atoms with Crippen molar-refractivity contribution in [1.82, 2.24) is 0 Å². The molecule has 0 rings (SSSR count). The molecule has 17 heavy (non-hydrogen) atoms. The number of halogens is 2. The van der Waals surface area contributed by atoms with Crippen molar-refractivity contribution in [2.75, 3.05) is 53.9 Å². The van der Waals surface area contributed by atoms with E-state index in [4.69, 9.17) is 0 Å². The Balaban J connectivity index is -0.000000282. The van der Waals surface area contributed by atoms with Crippen LogP contribution >= 0.6 is 0 Å². The topological polar surface area (TPSA) is 0 Å². The predicted octanol–water partition coefficient (Wildman–Crippen LogP) is -4.03. The molecule has 0 saturated carbocycles. The maximum absolute atomic E-state index is 2.32. The third-order valence-corrected chi connectivity index (χ3v) is 3.47. The number of rotatable bonds is 7. The Bertz CT molecular complexity index is 149. The standard InChI is InChI=1S/C12H30N2.2BrH.U/c1-7-14(8-2,9-3)12-10-11-13(4,5)6;;;/h7-12H2,1-6H3;2*1H;/q+2;;;/p-2. The molecule has 0 aromatic carbocycles. The fourth-order valence-electron chi connectivity index (χ4n) is 2.03. The zero-order valence-corrected chi connectivity index (χ0v) is 19.7. The van der Waals surface area contributed by atoms with E-state index >= 15 is 0 Å². The summed E-state index contributed by atoms with van der Waals surface area (Å²) in [5.74, 6) is 0. The first-order valence-corrected chi connectivity index (χ1v) is 6.04. The molecule has 0 spiro atoms. The van der Waals surface area contributed by atoms with Crippen LogP contribution in [-0.4, -0.2) is 62.8 Å². The number of quaternary nitrogens is 2. The molecule has 2 nitrogen and oxygen atoms in total. The fourth-order valence-corrected chi connectivity index (χ4v) is 2.03. The van der Waals surface area contributed by atoms with Crippen molar-refractivity contribution in [2.24, 2.45) is 0 Å². The van der Waals surface area contributed by atoms with E-state index in [2.05, 4.69) is 41.9 Å². The molecular formula is C12H30Br2N2U. The molecule has 0 atom stereocenters. The van der Waals surface area contributed by atoms with Crippen LogP contribution < -0.4 is 34.0 Å². The van der Waals surface area contributed by atoms with Crippen molar-refractivity contribution < 1.29 is 74.0 Å². The van der Waals surface area contributed by atoms with Crippen LogP contribution in [-0.2, 0) is 0 Å². The number of hydrogen-bond acceptors (Lipinski definition) is 0. The summed E-state index contributed by atoms with van der Waals surface area (Å²) in [5, 5.41) is 0. The second-order valence-corrected chi connectivity index (χ2v) is 5.38. The van der Waals surface area contributed by atoms with Crippen molar-refractivity contribution >= 4 is 0 Å². The molecule has 0 unspecified atom stereocenters. The SMILES string of the molecule is CC[N+](CC)(CC)CCC[N+](C)(C)C.[Br-].[Br-].[U]. The van der Waals surface area contributed by atoms with Crippen LogP contribution in [0, 0.1) is 31.1 Å². The van der Waals surface area contributed by atoms with Gasteiger partial charge in [0.1, 0.15) is 0 Å². The molecule has 0 saturated heterocycles. The van der Waals surface area contributed by atoms with E-state index in [1.54, 1.807) is 0 Å². The largest absolute Gasteiger partial charge is 1.00 e. The summed E-state index contributed by atoms with van der Waals surface area (Å²) >= 11 is 0. The van der Waals surface area contributed by atoms with Crippen molar-refractivity contribution in [3.63, 3.8) is 0 Å². The third-order valence-electron chi connectivity index (χ3n) is 3.47. The zero-order chi connectivity index (χ0) is 11.2. The molecule has 0 N–H and O–H groups in total. The van der Waals surface area contributed by atoms with Crippen LogP contribution in [0.4, 0.5) is 0 Å². The summed E-state index contributed by atoms with van der Waals surface area (Å²) in [7, 11) is 6.83. The number of nitrogens with zero attached hydrogens (tertiary/aromatic N) is 2.